The Morgan fingerprint density at radius 1 is 1.22 bits per heavy atom. The number of ether oxygens (including phenoxy) is 3. The molecule has 120 valence electrons. The molecule has 2 rings (SSSR count). The summed E-state index contributed by atoms with van der Waals surface area (Å²) < 4.78 is 19.7. The Balaban J connectivity index is 2.10. The van der Waals surface area contributed by atoms with E-state index in [1.165, 1.54) is 32.8 Å². The zero-order valence-electron chi connectivity index (χ0n) is 12.4. The average Bonchev–Trinajstić information content (AvgIpc) is 3.10. The Bertz CT molecular complexity index is 709. The summed E-state index contributed by atoms with van der Waals surface area (Å²) in [6, 6.07) is 7.85. The van der Waals surface area contributed by atoms with E-state index in [-0.39, 0.29) is 11.5 Å². The van der Waals surface area contributed by atoms with Crippen molar-refractivity contribution >= 4 is 18.3 Å². The SMILES string of the molecule is COC(=O)N/N=C/c1ccc(OC(=O)c2ccco2)c(OC)c1. The minimum Gasteiger partial charge on any atom is -0.493 e. The molecule has 23 heavy (non-hydrogen) atoms. The lowest BCUT2D eigenvalue weighted by molar-refractivity contribution is 0.0696. The number of hydrogen-bond acceptors (Lipinski definition) is 7. The molecule has 8 heteroatoms. The first-order valence-electron chi connectivity index (χ1n) is 6.44. The van der Waals surface area contributed by atoms with Crippen molar-refractivity contribution in [2.75, 3.05) is 14.2 Å². The lowest BCUT2D eigenvalue weighted by Gasteiger charge is -2.08. The van der Waals surface area contributed by atoms with Crippen LogP contribution in [-0.2, 0) is 4.74 Å². The second-order valence-corrected chi connectivity index (χ2v) is 4.14. The van der Waals surface area contributed by atoms with E-state index in [0.29, 0.717) is 11.3 Å². The molecular weight excluding hydrogens is 304 g/mol. The Morgan fingerprint density at radius 2 is 2.04 bits per heavy atom. The van der Waals surface area contributed by atoms with Crippen molar-refractivity contribution < 1.29 is 28.2 Å². The molecular formula is C15H14N2O6. The maximum absolute atomic E-state index is 11.8. The van der Waals surface area contributed by atoms with Gasteiger partial charge in [-0.15, -0.1) is 0 Å². The van der Waals surface area contributed by atoms with E-state index >= 15 is 0 Å². The summed E-state index contributed by atoms with van der Waals surface area (Å²) in [4.78, 5) is 22.7. The Morgan fingerprint density at radius 3 is 2.70 bits per heavy atom. The number of furan rings is 1. The van der Waals surface area contributed by atoms with Crippen LogP contribution in [0.1, 0.15) is 16.1 Å². The normalized spacial score (nSPS) is 10.3. The van der Waals surface area contributed by atoms with Gasteiger partial charge in [-0.05, 0) is 35.9 Å². The second-order valence-electron chi connectivity index (χ2n) is 4.14. The van der Waals surface area contributed by atoms with Gasteiger partial charge in [-0.2, -0.15) is 5.10 Å². The van der Waals surface area contributed by atoms with Crippen LogP contribution in [-0.4, -0.2) is 32.5 Å². The highest BCUT2D eigenvalue weighted by atomic mass is 16.6. The molecule has 1 aromatic heterocycles. The number of nitrogens with one attached hydrogen (secondary N) is 1. The van der Waals surface area contributed by atoms with Crippen LogP contribution in [0.5, 0.6) is 11.5 Å². The molecule has 1 aromatic carbocycles. The summed E-state index contributed by atoms with van der Waals surface area (Å²) in [5.41, 5.74) is 2.77. The Labute approximate surface area is 131 Å². The quantitative estimate of drug-likeness (QED) is 0.393. The molecule has 0 saturated heterocycles. The van der Waals surface area contributed by atoms with Gasteiger partial charge in [0.1, 0.15) is 0 Å². The van der Waals surface area contributed by atoms with Crippen molar-refractivity contribution in [2.45, 2.75) is 0 Å². The molecule has 2 aromatic rings. The average molecular weight is 318 g/mol. The van der Waals surface area contributed by atoms with Gasteiger partial charge in [0, 0.05) is 0 Å². The van der Waals surface area contributed by atoms with Crippen molar-refractivity contribution in [1.29, 1.82) is 0 Å². The lowest BCUT2D eigenvalue weighted by Crippen LogP contribution is -2.16. The summed E-state index contributed by atoms with van der Waals surface area (Å²) in [5.74, 6) is 0.000876. The van der Waals surface area contributed by atoms with Crippen molar-refractivity contribution in [3.63, 3.8) is 0 Å². The molecule has 0 aliphatic rings. The lowest BCUT2D eigenvalue weighted by atomic mass is 10.2. The maximum Gasteiger partial charge on any atom is 0.427 e. The summed E-state index contributed by atoms with van der Waals surface area (Å²) in [7, 11) is 2.67. The Kier molecular flexibility index (Phi) is 5.35. The first kappa shape index (κ1) is 16.1. The van der Waals surface area contributed by atoms with Crippen molar-refractivity contribution in [2.24, 2.45) is 5.10 Å². The van der Waals surface area contributed by atoms with Gasteiger partial charge in [0.2, 0.25) is 5.76 Å². The van der Waals surface area contributed by atoms with Crippen LogP contribution < -0.4 is 14.9 Å². The van der Waals surface area contributed by atoms with E-state index in [4.69, 9.17) is 13.9 Å². The standard InChI is InChI=1S/C15H14N2O6/c1-20-13-8-10(9-16-17-15(19)21-2)5-6-11(13)23-14(18)12-4-3-7-22-12/h3-9H,1-2H3,(H,17,19)/b16-9+. The number of carbonyl (C=O) groups is 2. The van der Waals surface area contributed by atoms with E-state index in [0.717, 1.165) is 0 Å². The van der Waals surface area contributed by atoms with Gasteiger partial charge in [-0.25, -0.2) is 15.0 Å². The highest BCUT2D eigenvalue weighted by Gasteiger charge is 2.14. The van der Waals surface area contributed by atoms with Gasteiger partial charge in [-0.3, -0.25) is 0 Å². The zero-order chi connectivity index (χ0) is 16.7. The van der Waals surface area contributed by atoms with Crippen molar-refractivity contribution in [1.82, 2.24) is 5.43 Å². The third-order valence-corrected chi connectivity index (χ3v) is 2.67. The van der Waals surface area contributed by atoms with Crippen LogP contribution in [0, 0.1) is 0 Å². The largest absolute Gasteiger partial charge is 0.493 e. The summed E-state index contributed by atoms with van der Waals surface area (Å²) >= 11 is 0. The maximum atomic E-state index is 11.8. The molecule has 8 nitrogen and oxygen atoms in total. The van der Waals surface area contributed by atoms with Crippen LogP contribution in [0.3, 0.4) is 0 Å². The highest BCUT2D eigenvalue weighted by molar-refractivity contribution is 5.89. The number of hydrazone groups is 1. The summed E-state index contributed by atoms with van der Waals surface area (Å²) in [5, 5.41) is 3.69. The molecule has 0 aliphatic heterocycles. The van der Waals surface area contributed by atoms with Gasteiger partial charge < -0.3 is 18.6 Å². The number of esters is 1. The zero-order valence-corrected chi connectivity index (χ0v) is 12.4. The number of amides is 1. The molecule has 0 spiro atoms. The topological polar surface area (TPSA) is 99.4 Å². The van der Waals surface area contributed by atoms with E-state index < -0.39 is 12.1 Å². The van der Waals surface area contributed by atoms with E-state index in [1.54, 1.807) is 24.3 Å². The molecule has 1 heterocycles. The van der Waals surface area contributed by atoms with Crippen LogP contribution in [0.15, 0.2) is 46.1 Å². The summed E-state index contributed by atoms with van der Waals surface area (Å²) in [6.45, 7) is 0. The minimum atomic E-state index is -0.683. The molecule has 1 amide bonds. The molecule has 0 bridgehead atoms. The number of benzene rings is 1. The number of methoxy groups -OCH3 is 2. The molecule has 0 saturated carbocycles. The smallest absolute Gasteiger partial charge is 0.427 e. The summed E-state index contributed by atoms with van der Waals surface area (Å²) in [6.07, 6.45) is 2.08. The van der Waals surface area contributed by atoms with E-state index in [2.05, 4.69) is 15.3 Å². The molecule has 0 aliphatic carbocycles. The van der Waals surface area contributed by atoms with Gasteiger partial charge in [0.05, 0.1) is 26.7 Å². The third-order valence-electron chi connectivity index (χ3n) is 2.67. The van der Waals surface area contributed by atoms with Gasteiger partial charge in [-0.1, -0.05) is 0 Å². The number of hydrogen-bond donors (Lipinski definition) is 1. The molecule has 0 atom stereocenters. The van der Waals surface area contributed by atoms with Gasteiger partial charge in [0.25, 0.3) is 0 Å². The van der Waals surface area contributed by atoms with Gasteiger partial charge >= 0.3 is 12.1 Å². The number of nitrogens with zero attached hydrogens (tertiary/aromatic N) is 1. The minimum absolute atomic E-state index is 0.0833. The fraction of sp³-hybridized carbons (Fsp3) is 0.133. The van der Waals surface area contributed by atoms with Crippen LogP contribution in [0.25, 0.3) is 0 Å². The van der Waals surface area contributed by atoms with Gasteiger partial charge in [0.15, 0.2) is 11.5 Å². The first-order valence-corrected chi connectivity index (χ1v) is 6.44. The fourth-order valence-electron chi connectivity index (χ4n) is 1.60. The molecule has 0 unspecified atom stereocenters. The van der Waals surface area contributed by atoms with E-state index in [1.807, 2.05) is 0 Å². The number of carbonyl (C=O) groups excluding carboxylic acids is 2. The predicted molar refractivity (Wildman–Crippen MR) is 79.8 cm³/mol. The molecule has 1 N–H and O–H groups in total. The number of rotatable bonds is 5. The van der Waals surface area contributed by atoms with Crippen molar-refractivity contribution in [3.8, 4) is 11.5 Å². The second kappa shape index (κ2) is 7.64. The molecule has 0 radical (unpaired) electrons. The fourth-order valence-corrected chi connectivity index (χ4v) is 1.60. The van der Waals surface area contributed by atoms with E-state index in [9.17, 15) is 9.59 Å². The molecule has 0 fully saturated rings. The first-order chi connectivity index (χ1) is 11.1. The highest BCUT2D eigenvalue weighted by Crippen LogP contribution is 2.28. The predicted octanol–water partition coefficient (Wildman–Crippen LogP) is 2.20. The van der Waals surface area contributed by atoms with Crippen molar-refractivity contribution in [3.05, 3.63) is 47.9 Å². The third kappa shape index (κ3) is 4.34. The Hall–Kier alpha value is -3.29. The monoisotopic (exact) mass is 318 g/mol. The van der Waals surface area contributed by atoms with Crippen LogP contribution >= 0.6 is 0 Å². The van der Waals surface area contributed by atoms with Crippen LogP contribution in [0.4, 0.5) is 4.79 Å². The van der Waals surface area contributed by atoms with Crippen LogP contribution in [0.2, 0.25) is 0 Å².